The van der Waals surface area contributed by atoms with Crippen LogP contribution in [0.2, 0.25) is 0 Å². The maximum atomic E-state index is 5.33. The van der Waals surface area contributed by atoms with Crippen molar-refractivity contribution in [3.63, 3.8) is 0 Å². The molecule has 0 radical (unpaired) electrons. The first-order valence-corrected chi connectivity index (χ1v) is 4.92. The Morgan fingerprint density at radius 3 is 2.57 bits per heavy atom. The van der Waals surface area contributed by atoms with Crippen LogP contribution in [0.4, 0.5) is 0 Å². The van der Waals surface area contributed by atoms with Gasteiger partial charge in [-0.2, -0.15) is 0 Å². The molecule has 0 saturated carbocycles. The Morgan fingerprint density at radius 2 is 2.00 bits per heavy atom. The van der Waals surface area contributed by atoms with Crippen molar-refractivity contribution < 1.29 is 9.47 Å². The van der Waals surface area contributed by atoms with Gasteiger partial charge in [-0.05, 0) is 26.8 Å². The van der Waals surface area contributed by atoms with Gasteiger partial charge >= 0.3 is 0 Å². The lowest BCUT2D eigenvalue weighted by Gasteiger charge is -2.19. The third kappa shape index (κ3) is 8.06. The molecule has 0 bridgehead atoms. The SMILES string of the molecule is C#CC(C)(C)NCCCOCCOC. The molecule has 82 valence electrons. The van der Waals surface area contributed by atoms with E-state index >= 15 is 0 Å². The van der Waals surface area contributed by atoms with Gasteiger partial charge in [0.25, 0.3) is 0 Å². The van der Waals surface area contributed by atoms with Crippen molar-refractivity contribution in [1.82, 2.24) is 5.32 Å². The van der Waals surface area contributed by atoms with E-state index in [-0.39, 0.29) is 5.54 Å². The third-order valence-electron chi connectivity index (χ3n) is 1.83. The van der Waals surface area contributed by atoms with E-state index in [1.165, 1.54) is 0 Å². The molecule has 3 heteroatoms. The highest BCUT2D eigenvalue weighted by Crippen LogP contribution is 1.98. The molecule has 0 heterocycles. The third-order valence-corrected chi connectivity index (χ3v) is 1.83. The molecule has 0 amide bonds. The molecule has 0 unspecified atom stereocenters. The first kappa shape index (κ1) is 13.4. The van der Waals surface area contributed by atoms with E-state index in [0.29, 0.717) is 13.2 Å². The van der Waals surface area contributed by atoms with Crippen LogP contribution in [0, 0.1) is 12.3 Å². The maximum absolute atomic E-state index is 5.33. The van der Waals surface area contributed by atoms with Crippen molar-refractivity contribution >= 4 is 0 Å². The highest BCUT2D eigenvalue weighted by atomic mass is 16.5. The summed E-state index contributed by atoms with van der Waals surface area (Å²) in [4.78, 5) is 0. The molecule has 0 aromatic carbocycles. The number of ether oxygens (including phenoxy) is 2. The minimum absolute atomic E-state index is 0.216. The second-order valence-electron chi connectivity index (χ2n) is 3.65. The van der Waals surface area contributed by atoms with Crippen molar-refractivity contribution in [2.24, 2.45) is 0 Å². The van der Waals surface area contributed by atoms with Crippen LogP contribution in [-0.2, 0) is 9.47 Å². The number of hydrogen-bond donors (Lipinski definition) is 1. The first-order valence-electron chi connectivity index (χ1n) is 4.92. The summed E-state index contributed by atoms with van der Waals surface area (Å²) >= 11 is 0. The van der Waals surface area contributed by atoms with E-state index in [2.05, 4.69) is 11.2 Å². The second-order valence-corrected chi connectivity index (χ2v) is 3.65. The topological polar surface area (TPSA) is 30.5 Å². The molecule has 0 aromatic rings. The zero-order valence-electron chi connectivity index (χ0n) is 9.43. The smallest absolute Gasteiger partial charge is 0.0741 e. The van der Waals surface area contributed by atoms with Crippen LogP contribution in [0.5, 0.6) is 0 Å². The Balaban J connectivity index is 3.18. The molecule has 0 fully saturated rings. The number of hydrogen-bond acceptors (Lipinski definition) is 3. The lowest BCUT2D eigenvalue weighted by molar-refractivity contribution is 0.0691. The van der Waals surface area contributed by atoms with Gasteiger partial charge in [-0.1, -0.05) is 5.92 Å². The fraction of sp³-hybridized carbons (Fsp3) is 0.818. The van der Waals surface area contributed by atoms with E-state index in [0.717, 1.165) is 19.6 Å². The van der Waals surface area contributed by atoms with Crippen LogP contribution < -0.4 is 5.32 Å². The summed E-state index contributed by atoms with van der Waals surface area (Å²) in [6.45, 7) is 6.91. The van der Waals surface area contributed by atoms with Crippen LogP contribution in [0.25, 0.3) is 0 Å². The molecule has 14 heavy (non-hydrogen) atoms. The van der Waals surface area contributed by atoms with E-state index in [9.17, 15) is 0 Å². The molecule has 1 N–H and O–H groups in total. The van der Waals surface area contributed by atoms with Crippen LogP contribution in [0.3, 0.4) is 0 Å². The van der Waals surface area contributed by atoms with Crippen molar-refractivity contribution in [2.75, 3.05) is 33.5 Å². The summed E-state index contributed by atoms with van der Waals surface area (Å²) in [6.07, 6.45) is 6.29. The monoisotopic (exact) mass is 199 g/mol. The van der Waals surface area contributed by atoms with Gasteiger partial charge in [0, 0.05) is 13.7 Å². The lowest BCUT2D eigenvalue weighted by Crippen LogP contribution is -2.38. The van der Waals surface area contributed by atoms with Gasteiger partial charge < -0.3 is 14.8 Å². The van der Waals surface area contributed by atoms with Gasteiger partial charge in [0.05, 0.1) is 18.8 Å². The summed E-state index contributed by atoms with van der Waals surface area (Å²) in [5, 5.41) is 3.25. The van der Waals surface area contributed by atoms with Gasteiger partial charge in [0.15, 0.2) is 0 Å². The molecule has 0 rings (SSSR count). The number of nitrogens with one attached hydrogen (secondary N) is 1. The molecule has 0 atom stereocenters. The largest absolute Gasteiger partial charge is 0.382 e. The first-order chi connectivity index (χ1) is 6.62. The molecule has 0 spiro atoms. The van der Waals surface area contributed by atoms with Gasteiger partial charge in [0.1, 0.15) is 0 Å². The normalized spacial score (nSPS) is 11.3. The molecule has 0 aliphatic heterocycles. The number of terminal acetylenes is 1. The van der Waals surface area contributed by atoms with Gasteiger partial charge in [-0.15, -0.1) is 6.42 Å². The molecular formula is C11H21NO2. The van der Waals surface area contributed by atoms with Crippen molar-refractivity contribution in [2.45, 2.75) is 25.8 Å². The number of methoxy groups -OCH3 is 1. The van der Waals surface area contributed by atoms with Crippen molar-refractivity contribution in [3.05, 3.63) is 0 Å². The van der Waals surface area contributed by atoms with Crippen molar-refractivity contribution in [1.29, 1.82) is 0 Å². The van der Waals surface area contributed by atoms with Crippen LogP contribution in [0.1, 0.15) is 20.3 Å². The van der Waals surface area contributed by atoms with Crippen LogP contribution >= 0.6 is 0 Å². The van der Waals surface area contributed by atoms with Crippen LogP contribution in [0.15, 0.2) is 0 Å². The van der Waals surface area contributed by atoms with E-state index < -0.39 is 0 Å². The molecule has 0 aromatic heterocycles. The zero-order chi connectivity index (χ0) is 10.9. The summed E-state index contributed by atoms with van der Waals surface area (Å²) < 4.78 is 10.2. The maximum Gasteiger partial charge on any atom is 0.0741 e. The van der Waals surface area contributed by atoms with E-state index in [1.807, 2.05) is 13.8 Å². The second kappa shape index (κ2) is 7.81. The van der Waals surface area contributed by atoms with Gasteiger partial charge in [-0.3, -0.25) is 0 Å². The number of rotatable bonds is 8. The molecular weight excluding hydrogens is 178 g/mol. The van der Waals surface area contributed by atoms with E-state index in [1.54, 1.807) is 7.11 Å². The Hall–Kier alpha value is -0.560. The molecule has 0 aliphatic rings. The van der Waals surface area contributed by atoms with Gasteiger partial charge in [-0.25, -0.2) is 0 Å². The fourth-order valence-electron chi connectivity index (χ4n) is 0.870. The quantitative estimate of drug-likeness (QED) is 0.468. The summed E-state index contributed by atoms with van der Waals surface area (Å²) in [5.74, 6) is 2.68. The zero-order valence-corrected chi connectivity index (χ0v) is 9.43. The minimum Gasteiger partial charge on any atom is -0.382 e. The summed E-state index contributed by atoms with van der Waals surface area (Å²) in [6, 6.07) is 0. The Bertz CT molecular complexity index is 173. The molecule has 0 saturated heterocycles. The minimum atomic E-state index is -0.216. The summed E-state index contributed by atoms with van der Waals surface area (Å²) in [7, 11) is 1.67. The molecule has 3 nitrogen and oxygen atoms in total. The summed E-state index contributed by atoms with van der Waals surface area (Å²) in [5.41, 5.74) is -0.216. The lowest BCUT2D eigenvalue weighted by atomic mass is 10.1. The highest BCUT2D eigenvalue weighted by Gasteiger charge is 2.10. The average molecular weight is 199 g/mol. The average Bonchev–Trinajstić information content (AvgIpc) is 2.16. The molecule has 0 aliphatic carbocycles. The predicted molar refractivity (Wildman–Crippen MR) is 58.2 cm³/mol. The highest BCUT2D eigenvalue weighted by molar-refractivity contribution is 5.07. The Kier molecular flexibility index (Phi) is 7.50. The fourth-order valence-corrected chi connectivity index (χ4v) is 0.870. The van der Waals surface area contributed by atoms with Gasteiger partial charge in [0.2, 0.25) is 0 Å². The Labute approximate surface area is 87.2 Å². The van der Waals surface area contributed by atoms with Crippen molar-refractivity contribution in [3.8, 4) is 12.3 Å². The van der Waals surface area contributed by atoms with E-state index in [4.69, 9.17) is 15.9 Å². The predicted octanol–water partition coefficient (Wildman–Crippen LogP) is 1.04. The standard InChI is InChI=1S/C11H21NO2/c1-5-11(2,3)12-7-6-8-14-10-9-13-4/h1,12H,6-10H2,2-4H3. The van der Waals surface area contributed by atoms with Crippen LogP contribution in [-0.4, -0.2) is 39.0 Å². The Morgan fingerprint density at radius 1 is 1.29 bits per heavy atom.